The zero-order valence-corrected chi connectivity index (χ0v) is 17.6. The van der Waals surface area contributed by atoms with Gasteiger partial charge in [-0.3, -0.25) is 4.79 Å². The van der Waals surface area contributed by atoms with Crippen molar-refractivity contribution in [2.24, 2.45) is 0 Å². The van der Waals surface area contributed by atoms with Crippen LogP contribution in [0.25, 0.3) is 17.2 Å². The summed E-state index contributed by atoms with van der Waals surface area (Å²) in [6.07, 6.45) is 7.86. The summed E-state index contributed by atoms with van der Waals surface area (Å²) in [6, 6.07) is 16.3. The number of benzene rings is 3. The summed E-state index contributed by atoms with van der Waals surface area (Å²) in [4.78, 5) is 12.5. The number of phenolic OH excluding ortho intramolecular Hbond substituents is 2. The molecule has 0 radical (unpaired) electrons. The van der Waals surface area contributed by atoms with E-state index in [0.717, 1.165) is 16.7 Å². The average Bonchev–Trinajstić information content (AvgIpc) is 2.76. The molecule has 31 heavy (non-hydrogen) atoms. The lowest BCUT2D eigenvalue weighted by atomic mass is 9.94. The van der Waals surface area contributed by atoms with E-state index in [1.54, 1.807) is 36.4 Å². The number of phenols is 2. The van der Waals surface area contributed by atoms with Crippen LogP contribution < -0.4 is 0 Å². The molecule has 3 nitrogen and oxygen atoms in total. The molecule has 0 aromatic heterocycles. The van der Waals surface area contributed by atoms with Crippen LogP contribution in [-0.4, -0.2) is 16.0 Å². The molecule has 3 aromatic carbocycles. The summed E-state index contributed by atoms with van der Waals surface area (Å²) in [5.41, 5.74) is 5.09. The van der Waals surface area contributed by atoms with E-state index in [-0.39, 0.29) is 17.3 Å². The molecule has 0 fully saturated rings. The van der Waals surface area contributed by atoms with E-state index in [1.165, 1.54) is 6.08 Å². The molecule has 3 rings (SSSR count). The summed E-state index contributed by atoms with van der Waals surface area (Å²) in [7, 11) is 0. The second kappa shape index (κ2) is 9.77. The van der Waals surface area contributed by atoms with Gasteiger partial charge >= 0.3 is 0 Å². The number of aryl methyl sites for hydroxylation is 1. The zero-order chi connectivity index (χ0) is 22.4. The van der Waals surface area contributed by atoms with Crippen molar-refractivity contribution in [1.29, 1.82) is 0 Å². The first kappa shape index (κ1) is 21.8. The van der Waals surface area contributed by atoms with Crippen LogP contribution in [0.5, 0.6) is 11.5 Å². The van der Waals surface area contributed by atoms with Gasteiger partial charge in [0.2, 0.25) is 0 Å². The van der Waals surface area contributed by atoms with Gasteiger partial charge in [0.05, 0.1) is 0 Å². The first-order chi connectivity index (χ1) is 14.9. The molecule has 0 atom stereocenters. The van der Waals surface area contributed by atoms with Crippen molar-refractivity contribution in [3.63, 3.8) is 0 Å². The lowest BCUT2D eigenvalue weighted by Gasteiger charge is -2.13. The van der Waals surface area contributed by atoms with E-state index in [9.17, 15) is 15.0 Å². The molecule has 0 aliphatic rings. The van der Waals surface area contributed by atoms with Gasteiger partial charge in [-0.1, -0.05) is 48.0 Å². The van der Waals surface area contributed by atoms with Gasteiger partial charge < -0.3 is 10.2 Å². The Balaban J connectivity index is 2.06. The van der Waals surface area contributed by atoms with Crippen LogP contribution in [-0.2, 0) is 12.8 Å². The number of allylic oxidation sites excluding steroid dienone is 3. The Morgan fingerprint density at radius 3 is 2.19 bits per heavy atom. The van der Waals surface area contributed by atoms with E-state index < -0.39 is 0 Å². The van der Waals surface area contributed by atoms with Gasteiger partial charge in [-0.25, -0.2) is 0 Å². The second-order valence-corrected chi connectivity index (χ2v) is 7.48. The van der Waals surface area contributed by atoms with Crippen LogP contribution in [0.3, 0.4) is 0 Å². The number of hydrogen-bond donors (Lipinski definition) is 2. The molecule has 3 aromatic rings. The van der Waals surface area contributed by atoms with E-state index in [4.69, 9.17) is 0 Å². The molecular weight excluding hydrogens is 384 g/mol. The monoisotopic (exact) mass is 410 g/mol. The third-order valence-electron chi connectivity index (χ3n) is 5.06. The predicted molar refractivity (Wildman–Crippen MR) is 128 cm³/mol. The fourth-order valence-electron chi connectivity index (χ4n) is 3.41. The minimum Gasteiger partial charge on any atom is -0.507 e. The number of carbonyl (C=O) groups is 1. The number of hydrogen-bond acceptors (Lipinski definition) is 3. The normalized spacial score (nSPS) is 10.9. The van der Waals surface area contributed by atoms with Gasteiger partial charge in [-0.05, 0) is 67.3 Å². The molecule has 0 unspecified atom stereocenters. The number of carbonyl (C=O) groups excluding carboxylic acids is 1. The van der Waals surface area contributed by atoms with Crippen molar-refractivity contribution in [3.05, 3.63) is 114 Å². The van der Waals surface area contributed by atoms with E-state index in [0.29, 0.717) is 35.1 Å². The maximum absolute atomic E-state index is 12.5. The molecule has 0 amide bonds. The molecule has 0 aliphatic heterocycles. The van der Waals surface area contributed by atoms with Crippen LogP contribution in [0.2, 0.25) is 0 Å². The van der Waals surface area contributed by atoms with Crippen molar-refractivity contribution < 1.29 is 15.0 Å². The summed E-state index contributed by atoms with van der Waals surface area (Å²) >= 11 is 0. The molecule has 0 heterocycles. The summed E-state index contributed by atoms with van der Waals surface area (Å²) in [5, 5.41) is 21.4. The minimum atomic E-state index is -0.147. The lowest BCUT2D eigenvalue weighted by Crippen LogP contribution is -1.95. The standard InChI is InChI=1S/C28H26O3/c1-4-6-20-10-14-27(30)24(17-20)25-18-21(7-5-2)16-23(28(25)31)13-15-26(29)22-11-8-19(3)9-12-22/h4-5,8-18,30-31H,1-2,6-7H2,3H3. The topological polar surface area (TPSA) is 57.5 Å². The quantitative estimate of drug-likeness (QED) is 0.256. The highest BCUT2D eigenvalue weighted by atomic mass is 16.3. The smallest absolute Gasteiger partial charge is 0.185 e. The molecule has 3 heteroatoms. The van der Waals surface area contributed by atoms with Crippen molar-refractivity contribution in [1.82, 2.24) is 0 Å². The number of ketones is 1. The van der Waals surface area contributed by atoms with Crippen LogP contribution in [0, 0.1) is 6.92 Å². The first-order valence-electron chi connectivity index (χ1n) is 10.1. The Morgan fingerprint density at radius 1 is 0.871 bits per heavy atom. The second-order valence-electron chi connectivity index (χ2n) is 7.48. The van der Waals surface area contributed by atoms with Crippen LogP contribution in [0.1, 0.15) is 32.6 Å². The fourth-order valence-corrected chi connectivity index (χ4v) is 3.41. The zero-order valence-electron chi connectivity index (χ0n) is 17.6. The Hall–Kier alpha value is -3.85. The van der Waals surface area contributed by atoms with Crippen molar-refractivity contribution in [3.8, 4) is 22.6 Å². The molecule has 0 spiro atoms. The predicted octanol–water partition coefficient (Wildman–Crippen LogP) is 6.43. The minimum absolute atomic E-state index is 0.00632. The summed E-state index contributed by atoms with van der Waals surface area (Å²) < 4.78 is 0. The molecular formula is C28H26O3. The van der Waals surface area contributed by atoms with Gasteiger partial charge in [0.1, 0.15) is 11.5 Å². The highest BCUT2D eigenvalue weighted by Crippen LogP contribution is 2.39. The maximum Gasteiger partial charge on any atom is 0.185 e. The van der Waals surface area contributed by atoms with Gasteiger partial charge in [0, 0.05) is 22.3 Å². The highest BCUT2D eigenvalue weighted by Gasteiger charge is 2.14. The van der Waals surface area contributed by atoms with Gasteiger partial charge in [-0.15, -0.1) is 13.2 Å². The Bertz CT molecular complexity index is 1150. The first-order valence-corrected chi connectivity index (χ1v) is 10.1. The largest absolute Gasteiger partial charge is 0.507 e. The molecule has 0 saturated heterocycles. The number of aromatic hydroxyl groups is 2. The van der Waals surface area contributed by atoms with Gasteiger partial charge in [-0.2, -0.15) is 0 Å². The molecule has 0 aliphatic carbocycles. The van der Waals surface area contributed by atoms with Crippen LogP contribution >= 0.6 is 0 Å². The Labute approximate surface area is 183 Å². The van der Waals surface area contributed by atoms with Crippen LogP contribution in [0.15, 0.2) is 86.0 Å². The molecule has 0 bridgehead atoms. The Kier molecular flexibility index (Phi) is 6.88. The van der Waals surface area contributed by atoms with Gasteiger partial charge in [0.15, 0.2) is 5.78 Å². The molecule has 0 saturated carbocycles. The summed E-state index contributed by atoms with van der Waals surface area (Å²) in [5.74, 6) is -0.0674. The van der Waals surface area contributed by atoms with E-state index in [2.05, 4.69) is 13.2 Å². The van der Waals surface area contributed by atoms with Crippen LogP contribution in [0.4, 0.5) is 0 Å². The fraction of sp³-hybridized carbons (Fsp3) is 0.107. The van der Waals surface area contributed by atoms with Crippen molar-refractivity contribution in [2.75, 3.05) is 0 Å². The molecule has 2 N–H and O–H groups in total. The third-order valence-corrected chi connectivity index (χ3v) is 5.06. The third kappa shape index (κ3) is 5.20. The Morgan fingerprint density at radius 2 is 1.52 bits per heavy atom. The van der Waals surface area contributed by atoms with Crippen molar-refractivity contribution >= 4 is 11.9 Å². The van der Waals surface area contributed by atoms with E-state index >= 15 is 0 Å². The molecule has 156 valence electrons. The van der Waals surface area contributed by atoms with E-state index in [1.807, 2.05) is 43.3 Å². The van der Waals surface area contributed by atoms with Crippen molar-refractivity contribution in [2.45, 2.75) is 19.8 Å². The average molecular weight is 411 g/mol. The number of rotatable bonds is 8. The highest BCUT2D eigenvalue weighted by molar-refractivity contribution is 6.07. The SMILES string of the molecule is C=CCc1ccc(O)c(-c2cc(CC=C)cc(C=CC(=O)c3ccc(C)cc3)c2O)c1. The summed E-state index contributed by atoms with van der Waals surface area (Å²) in [6.45, 7) is 9.52. The maximum atomic E-state index is 12.5. The lowest BCUT2D eigenvalue weighted by molar-refractivity contribution is 0.104. The van der Waals surface area contributed by atoms with Gasteiger partial charge in [0.25, 0.3) is 0 Å².